The molecule has 3 aliphatic rings. The fourth-order valence-electron chi connectivity index (χ4n) is 6.52. The van der Waals surface area contributed by atoms with Crippen molar-refractivity contribution in [1.29, 1.82) is 0 Å². The molecule has 0 saturated heterocycles. The molecular formula is C32H41N5O3. The smallest absolute Gasteiger partial charge is 0.231 e. The predicted molar refractivity (Wildman–Crippen MR) is 154 cm³/mol. The van der Waals surface area contributed by atoms with Crippen LogP contribution in [0.1, 0.15) is 87.6 Å². The van der Waals surface area contributed by atoms with Crippen molar-refractivity contribution in [3.8, 4) is 16.9 Å². The van der Waals surface area contributed by atoms with Crippen LogP contribution in [0.4, 0.5) is 5.82 Å². The number of hydrogen-bond donors (Lipinski definition) is 1. The van der Waals surface area contributed by atoms with E-state index in [4.69, 9.17) is 14.7 Å². The number of ether oxygens (including phenoxy) is 1. The van der Waals surface area contributed by atoms with Crippen LogP contribution in [0.15, 0.2) is 42.9 Å². The number of aryl methyl sites for hydroxylation is 1. The van der Waals surface area contributed by atoms with Crippen LogP contribution >= 0.6 is 0 Å². The molecule has 8 nitrogen and oxygen atoms in total. The van der Waals surface area contributed by atoms with Gasteiger partial charge in [0, 0.05) is 42.0 Å². The number of rotatable bonds is 8. The minimum absolute atomic E-state index is 0.0608. The Balaban J connectivity index is 1.19. The third kappa shape index (κ3) is 5.92. The second-order valence-corrected chi connectivity index (χ2v) is 12.0. The molecule has 0 radical (unpaired) electrons. The third-order valence-electron chi connectivity index (χ3n) is 9.17. The van der Waals surface area contributed by atoms with Gasteiger partial charge in [0.15, 0.2) is 0 Å². The first kappa shape index (κ1) is 26.9. The second-order valence-electron chi connectivity index (χ2n) is 12.0. The molecule has 3 heterocycles. The zero-order valence-corrected chi connectivity index (χ0v) is 23.7. The number of anilines is 1. The third-order valence-corrected chi connectivity index (χ3v) is 9.17. The molecule has 3 aliphatic carbocycles. The summed E-state index contributed by atoms with van der Waals surface area (Å²) in [7, 11) is 1.68. The molecule has 0 atom stereocenters. The second kappa shape index (κ2) is 11.7. The number of hydrogen-bond acceptors (Lipinski definition) is 6. The van der Waals surface area contributed by atoms with E-state index < -0.39 is 0 Å². The molecule has 6 rings (SSSR count). The molecule has 1 amide bonds. The maximum atomic E-state index is 14.0. The highest BCUT2D eigenvalue weighted by atomic mass is 16.5. The molecule has 0 spiro atoms. The van der Waals surface area contributed by atoms with Gasteiger partial charge in [-0.2, -0.15) is 5.10 Å². The summed E-state index contributed by atoms with van der Waals surface area (Å²) in [5, 5.41) is 14.6. The van der Waals surface area contributed by atoms with Gasteiger partial charge in [-0.3, -0.25) is 19.4 Å². The first-order valence-corrected chi connectivity index (χ1v) is 15.0. The number of nitrogens with zero attached hydrogens (tertiary/aromatic N) is 5. The molecule has 40 heavy (non-hydrogen) atoms. The number of pyridine rings is 2. The number of methoxy groups -OCH3 is 1. The van der Waals surface area contributed by atoms with Gasteiger partial charge in [-0.1, -0.05) is 0 Å². The van der Waals surface area contributed by atoms with E-state index in [2.05, 4.69) is 28.1 Å². The van der Waals surface area contributed by atoms with E-state index in [1.807, 2.05) is 36.4 Å². The van der Waals surface area contributed by atoms with E-state index in [0.717, 1.165) is 72.6 Å². The van der Waals surface area contributed by atoms with Gasteiger partial charge in [0.05, 0.1) is 31.1 Å². The Morgan fingerprint density at radius 3 is 2.50 bits per heavy atom. The lowest BCUT2D eigenvalue weighted by Crippen LogP contribution is -2.42. The van der Waals surface area contributed by atoms with Gasteiger partial charge >= 0.3 is 0 Å². The van der Waals surface area contributed by atoms with Crippen molar-refractivity contribution < 1.29 is 14.6 Å². The van der Waals surface area contributed by atoms with Crippen LogP contribution < -0.4 is 9.64 Å². The molecule has 3 aromatic rings. The highest BCUT2D eigenvalue weighted by molar-refractivity contribution is 5.94. The summed E-state index contributed by atoms with van der Waals surface area (Å²) in [6, 6.07) is 8.72. The summed E-state index contributed by atoms with van der Waals surface area (Å²) in [6.45, 7) is 2.68. The zero-order chi connectivity index (χ0) is 27.6. The molecular weight excluding hydrogens is 502 g/mol. The van der Waals surface area contributed by atoms with E-state index in [9.17, 15) is 9.90 Å². The number of amides is 1. The molecule has 8 heteroatoms. The van der Waals surface area contributed by atoms with Crippen molar-refractivity contribution in [3.05, 3.63) is 54.2 Å². The Hall–Kier alpha value is -3.26. The van der Waals surface area contributed by atoms with Crippen molar-refractivity contribution in [3.63, 3.8) is 0 Å². The number of carbonyl (C=O) groups is 1. The summed E-state index contributed by atoms with van der Waals surface area (Å²) < 4.78 is 7.45. The number of aliphatic hydroxyl groups is 1. The van der Waals surface area contributed by atoms with Crippen LogP contribution in [0, 0.1) is 18.8 Å². The highest BCUT2D eigenvalue weighted by Crippen LogP contribution is 2.38. The summed E-state index contributed by atoms with van der Waals surface area (Å²) in [6.07, 6.45) is 15.0. The summed E-state index contributed by atoms with van der Waals surface area (Å²) in [5.74, 6) is 2.50. The fourth-order valence-corrected chi connectivity index (χ4v) is 6.52. The predicted octanol–water partition coefficient (Wildman–Crippen LogP) is 5.85. The van der Waals surface area contributed by atoms with Gasteiger partial charge in [-0.05, 0) is 107 Å². The van der Waals surface area contributed by atoms with Crippen molar-refractivity contribution in [1.82, 2.24) is 19.7 Å². The monoisotopic (exact) mass is 543 g/mol. The van der Waals surface area contributed by atoms with E-state index in [-0.39, 0.29) is 17.9 Å². The SMILES string of the molecule is COc1ccc(C2CCC(CN(C(=O)C3CCC(O)CC3)c3cc(-c4cnn(C5CC5)c4)ccn3)CC2)nc1C. The Morgan fingerprint density at radius 2 is 1.80 bits per heavy atom. The van der Waals surface area contributed by atoms with Gasteiger partial charge in [-0.15, -0.1) is 0 Å². The van der Waals surface area contributed by atoms with Gasteiger partial charge < -0.3 is 9.84 Å². The normalized spacial score (nSPS) is 25.0. The largest absolute Gasteiger partial charge is 0.495 e. The highest BCUT2D eigenvalue weighted by Gasteiger charge is 2.33. The van der Waals surface area contributed by atoms with Crippen LogP contribution in [0.25, 0.3) is 11.1 Å². The van der Waals surface area contributed by atoms with Gasteiger partial charge in [0.1, 0.15) is 11.6 Å². The average Bonchev–Trinajstić information content (AvgIpc) is 3.72. The van der Waals surface area contributed by atoms with Crippen LogP contribution in [0.3, 0.4) is 0 Å². The zero-order valence-electron chi connectivity index (χ0n) is 23.7. The van der Waals surface area contributed by atoms with Crippen LogP contribution in [-0.4, -0.2) is 50.5 Å². The minimum Gasteiger partial charge on any atom is -0.495 e. The van der Waals surface area contributed by atoms with Crippen LogP contribution in [-0.2, 0) is 4.79 Å². The molecule has 0 bridgehead atoms. The maximum Gasteiger partial charge on any atom is 0.231 e. The quantitative estimate of drug-likeness (QED) is 0.383. The summed E-state index contributed by atoms with van der Waals surface area (Å²) in [5.41, 5.74) is 4.18. The lowest BCUT2D eigenvalue weighted by molar-refractivity contribution is -0.124. The number of aromatic nitrogens is 4. The van der Waals surface area contributed by atoms with Crippen LogP contribution in [0.2, 0.25) is 0 Å². The van der Waals surface area contributed by atoms with E-state index in [0.29, 0.717) is 37.3 Å². The van der Waals surface area contributed by atoms with Crippen molar-refractivity contribution >= 4 is 11.7 Å². The molecule has 0 unspecified atom stereocenters. The molecule has 212 valence electrons. The maximum absolute atomic E-state index is 14.0. The Bertz CT molecular complexity index is 1320. The lowest BCUT2D eigenvalue weighted by atomic mass is 9.79. The average molecular weight is 544 g/mol. The lowest BCUT2D eigenvalue weighted by Gasteiger charge is -2.35. The Labute approximate surface area is 236 Å². The van der Waals surface area contributed by atoms with Crippen molar-refractivity contribution in [2.75, 3.05) is 18.6 Å². The van der Waals surface area contributed by atoms with Crippen molar-refractivity contribution in [2.45, 2.75) is 89.2 Å². The molecule has 0 aromatic carbocycles. The minimum atomic E-state index is -0.285. The Kier molecular flexibility index (Phi) is 7.87. The molecule has 0 aliphatic heterocycles. The molecule has 3 saturated carbocycles. The first-order chi connectivity index (χ1) is 19.5. The van der Waals surface area contributed by atoms with E-state index in [1.165, 1.54) is 12.8 Å². The standard InChI is InChI=1S/C32H41N5O3/c1-21-30(40-2)14-13-29(35-21)23-5-3-22(4-6-23)19-36(32(39)24-7-11-28(38)12-8-24)31-17-25(15-16-33-31)26-18-34-37(20-26)27-9-10-27/h13-18,20,22-24,27-28,38H,3-12,19H2,1-2H3. The molecule has 3 fully saturated rings. The van der Waals surface area contributed by atoms with Gasteiger partial charge in [0.25, 0.3) is 0 Å². The number of aliphatic hydroxyl groups excluding tert-OH is 1. The van der Waals surface area contributed by atoms with Gasteiger partial charge in [0.2, 0.25) is 5.91 Å². The van der Waals surface area contributed by atoms with Gasteiger partial charge in [-0.25, -0.2) is 4.98 Å². The first-order valence-electron chi connectivity index (χ1n) is 15.0. The van der Waals surface area contributed by atoms with E-state index >= 15 is 0 Å². The van der Waals surface area contributed by atoms with Crippen molar-refractivity contribution in [2.24, 2.45) is 11.8 Å². The summed E-state index contributed by atoms with van der Waals surface area (Å²) in [4.78, 5) is 25.5. The van der Waals surface area contributed by atoms with E-state index in [1.54, 1.807) is 7.11 Å². The topological polar surface area (TPSA) is 93.4 Å². The van der Waals surface area contributed by atoms with Crippen LogP contribution in [0.5, 0.6) is 5.75 Å². The summed E-state index contributed by atoms with van der Waals surface area (Å²) >= 11 is 0. The number of carbonyl (C=O) groups excluding carboxylic acids is 1. The molecule has 3 aromatic heterocycles. The Morgan fingerprint density at radius 1 is 1.02 bits per heavy atom. The molecule has 1 N–H and O–H groups in total. The fraction of sp³-hybridized carbons (Fsp3) is 0.562.